The van der Waals surface area contributed by atoms with E-state index in [-0.39, 0.29) is 6.04 Å². The number of aliphatic carboxylic acids is 1. The third-order valence-corrected chi connectivity index (χ3v) is 2.77. The van der Waals surface area contributed by atoms with Gasteiger partial charge in [-0.15, -0.1) is 0 Å². The van der Waals surface area contributed by atoms with Crippen LogP contribution in [0, 0.1) is 5.92 Å². The van der Waals surface area contributed by atoms with E-state index in [0.29, 0.717) is 25.9 Å². The molecule has 1 amide bonds. The predicted octanol–water partition coefficient (Wildman–Crippen LogP) is 0.964. The molecule has 2 unspecified atom stereocenters. The average Bonchev–Trinajstić information content (AvgIpc) is 2.39. The van der Waals surface area contributed by atoms with Crippen molar-refractivity contribution in [3.63, 3.8) is 0 Å². The standard InChI is InChI=1S/C12H22N2O4/c1-12(2,3)18-11(17)14-9-5-7-13-6-4-8(9)10(15)16/h8-9,13H,4-7H2,1-3H3,(H,14,17)(H,15,16). The minimum absolute atomic E-state index is 0.382. The molecule has 0 radical (unpaired) electrons. The van der Waals surface area contributed by atoms with Gasteiger partial charge in [0.15, 0.2) is 0 Å². The second-order valence-electron chi connectivity index (χ2n) is 5.52. The molecular weight excluding hydrogens is 236 g/mol. The summed E-state index contributed by atoms with van der Waals surface area (Å²) in [6.45, 7) is 6.68. The molecule has 2 atom stereocenters. The van der Waals surface area contributed by atoms with E-state index in [1.807, 2.05) is 0 Å². The summed E-state index contributed by atoms with van der Waals surface area (Å²) in [5.74, 6) is -1.44. The Morgan fingerprint density at radius 3 is 2.44 bits per heavy atom. The van der Waals surface area contributed by atoms with Crippen LogP contribution in [0.2, 0.25) is 0 Å². The first kappa shape index (κ1) is 14.8. The maximum atomic E-state index is 11.7. The van der Waals surface area contributed by atoms with Crippen molar-refractivity contribution < 1.29 is 19.4 Å². The lowest BCUT2D eigenvalue weighted by atomic mass is 9.95. The fourth-order valence-electron chi connectivity index (χ4n) is 1.97. The number of carbonyl (C=O) groups excluding carboxylic acids is 1. The molecule has 0 spiro atoms. The molecule has 3 N–H and O–H groups in total. The van der Waals surface area contributed by atoms with E-state index < -0.39 is 23.6 Å². The second-order valence-corrected chi connectivity index (χ2v) is 5.52. The maximum Gasteiger partial charge on any atom is 0.407 e. The van der Waals surface area contributed by atoms with Gasteiger partial charge in [0, 0.05) is 6.04 Å². The van der Waals surface area contributed by atoms with Crippen molar-refractivity contribution in [1.29, 1.82) is 0 Å². The summed E-state index contributed by atoms with van der Waals surface area (Å²) < 4.78 is 5.15. The number of hydrogen-bond acceptors (Lipinski definition) is 4. The Morgan fingerprint density at radius 1 is 1.28 bits per heavy atom. The zero-order chi connectivity index (χ0) is 13.8. The van der Waals surface area contributed by atoms with Crippen LogP contribution in [0.4, 0.5) is 4.79 Å². The van der Waals surface area contributed by atoms with E-state index in [9.17, 15) is 9.59 Å². The fourth-order valence-corrected chi connectivity index (χ4v) is 1.97. The molecule has 18 heavy (non-hydrogen) atoms. The molecular formula is C12H22N2O4. The van der Waals surface area contributed by atoms with E-state index in [0.717, 1.165) is 0 Å². The summed E-state index contributed by atoms with van der Waals surface area (Å²) in [7, 11) is 0. The summed E-state index contributed by atoms with van der Waals surface area (Å²) in [6, 6.07) is -0.382. The molecule has 1 rings (SSSR count). The predicted molar refractivity (Wildman–Crippen MR) is 66.4 cm³/mol. The lowest BCUT2D eigenvalue weighted by Crippen LogP contribution is -2.45. The van der Waals surface area contributed by atoms with Gasteiger partial charge in [-0.1, -0.05) is 0 Å². The minimum Gasteiger partial charge on any atom is -0.481 e. The summed E-state index contributed by atoms with van der Waals surface area (Å²) in [5, 5.41) is 15.0. The van der Waals surface area contributed by atoms with Crippen LogP contribution < -0.4 is 10.6 Å². The maximum absolute atomic E-state index is 11.7. The number of amides is 1. The summed E-state index contributed by atoms with van der Waals surface area (Å²) in [6.07, 6.45) is 0.548. The van der Waals surface area contributed by atoms with Gasteiger partial charge in [0.1, 0.15) is 5.60 Å². The van der Waals surface area contributed by atoms with Gasteiger partial charge in [-0.25, -0.2) is 4.79 Å². The Kier molecular flexibility index (Phi) is 4.95. The number of hydrogen-bond donors (Lipinski definition) is 3. The first-order valence-electron chi connectivity index (χ1n) is 6.22. The molecule has 0 aromatic carbocycles. The van der Waals surface area contributed by atoms with Crippen molar-refractivity contribution in [2.75, 3.05) is 13.1 Å². The summed E-state index contributed by atoms with van der Waals surface area (Å²) >= 11 is 0. The molecule has 1 aliphatic rings. The Balaban J connectivity index is 2.60. The molecule has 104 valence electrons. The molecule has 0 aliphatic carbocycles. The highest BCUT2D eigenvalue weighted by Gasteiger charge is 2.31. The normalized spacial score (nSPS) is 25.1. The molecule has 6 heteroatoms. The van der Waals surface area contributed by atoms with Gasteiger partial charge in [0.25, 0.3) is 0 Å². The van der Waals surface area contributed by atoms with Crippen LogP contribution >= 0.6 is 0 Å². The average molecular weight is 258 g/mol. The zero-order valence-electron chi connectivity index (χ0n) is 11.2. The van der Waals surface area contributed by atoms with Gasteiger partial charge < -0.3 is 20.5 Å². The van der Waals surface area contributed by atoms with Crippen molar-refractivity contribution in [2.45, 2.75) is 45.3 Å². The third-order valence-electron chi connectivity index (χ3n) is 2.77. The first-order valence-corrected chi connectivity index (χ1v) is 6.22. The Labute approximate surface area is 107 Å². The van der Waals surface area contributed by atoms with Crippen LogP contribution in [0.1, 0.15) is 33.6 Å². The smallest absolute Gasteiger partial charge is 0.407 e. The summed E-state index contributed by atoms with van der Waals surface area (Å²) in [5.41, 5.74) is -0.578. The van der Waals surface area contributed by atoms with Crippen LogP contribution in [-0.4, -0.2) is 41.9 Å². The largest absolute Gasteiger partial charge is 0.481 e. The Morgan fingerprint density at radius 2 is 1.89 bits per heavy atom. The molecule has 1 heterocycles. The van der Waals surface area contributed by atoms with Crippen LogP contribution in [0.5, 0.6) is 0 Å². The van der Waals surface area contributed by atoms with Gasteiger partial charge in [-0.05, 0) is 46.7 Å². The number of ether oxygens (including phenoxy) is 1. The van der Waals surface area contributed by atoms with E-state index >= 15 is 0 Å². The van der Waals surface area contributed by atoms with E-state index in [2.05, 4.69) is 10.6 Å². The van der Waals surface area contributed by atoms with Gasteiger partial charge in [-0.2, -0.15) is 0 Å². The lowest BCUT2D eigenvalue weighted by molar-refractivity contribution is -0.142. The molecule has 1 aliphatic heterocycles. The van der Waals surface area contributed by atoms with E-state index in [1.165, 1.54) is 0 Å². The molecule has 0 bridgehead atoms. The third kappa shape index (κ3) is 4.91. The fraction of sp³-hybridized carbons (Fsp3) is 0.833. The quantitative estimate of drug-likeness (QED) is 0.686. The van der Waals surface area contributed by atoms with Crippen molar-refractivity contribution in [2.24, 2.45) is 5.92 Å². The molecule has 1 fully saturated rings. The van der Waals surface area contributed by atoms with Gasteiger partial charge in [-0.3, -0.25) is 4.79 Å². The highest BCUT2D eigenvalue weighted by molar-refractivity contribution is 5.73. The molecule has 0 saturated carbocycles. The van der Waals surface area contributed by atoms with E-state index in [4.69, 9.17) is 9.84 Å². The van der Waals surface area contributed by atoms with Crippen molar-refractivity contribution in [3.05, 3.63) is 0 Å². The zero-order valence-corrected chi connectivity index (χ0v) is 11.2. The number of rotatable bonds is 2. The molecule has 6 nitrogen and oxygen atoms in total. The highest BCUT2D eigenvalue weighted by atomic mass is 16.6. The second kappa shape index (κ2) is 6.04. The Bertz CT molecular complexity index is 312. The Hall–Kier alpha value is -1.30. The minimum atomic E-state index is -0.875. The summed E-state index contributed by atoms with van der Waals surface area (Å²) in [4.78, 5) is 22.8. The van der Waals surface area contributed by atoms with Crippen LogP contribution in [0.25, 0.3) is 0 Å². The van der Waals surface area contributed by atoms with Crippen molar-refractivity contribution in [3.8, 4) is 0 Å². The number of carboxylic acids is 1. The van der Waals surface area contributed by atoms with Crippen LogP contribution in [0.15, 0.2) is 0 Å². The van der Waals surface area contributed by atoms with E-state index in [1.54, 1.807) is 20.8 Å². The van der Waals surface area contributed by atoms with Crippen molar-refractivity contribution in [1.82, 2.24) is 10.6 Å². The first-order chi connectivity index (χ1) is 8.29. The van der Waals surface area contributed by atoms with Gasteiger partial charge in [0.05, 0.1) is 5.92 Å². The monoisotopic (exact) mass is 258 g/mol. The van der Waals surface area contributed by atoms with Crippen LogP contribution in [-0.2, 0) is 9.53 Å². The number of alkyl carbamates (subject to hydrolysis) is 1. The van der Waals surface area contributed by atoms with Gasteiger partial charge >= 0.3 is 12.1 Å². The number of nitrogens with one attached hydrogen (secondary N) is 2. The SMILES string of the molecule is CC(C)(C)OC(=O)NC1CCNCCC1C(=O)O. The number of carbonyl (C=O) groups is 2. The molecule has 0 aromatic rings. The van der Waals surface area contributed by atoms with Gasteiger partial charge in [0.2, 0.25) is 0 Å². The molecule has 0 aromatic heterocycles. The van der Waals surface area contributed by atoms with Crippen LogP contribution in [0.3, 0.4) is 0 Å². The topological polar surface area (TPSA) is 87.7 Å². The van der Waals surface area contributed by atoms with Crippen molar-refractivity contribution >= 4 is 12.1 Å². The highest BCUT2D eigenvalue weighted by Crippen LogP contribution is 2.16. The molecule has 1 saturated heterocycles. The number of carboxylic acid groups (broad SMARTS) is 1. The lowest BCUT2D eigenvalue weighted by Gasteiger charge is -2.25.